The molecule has 0 aliphatic carbocycles. The molecule has 0 radical (unpaired) electrons. The second kappa shape index (κ2) is 7.54. The van der Waals surface area contributed by atoms with Crippen molar-refractivity contribution < 1.29 is 4.74 Å². The van der Waals surface area contributed by atoms with E-state index >= 15 is 0 Å². The number of rotatable bonds is 5. The molecular weight excluding hydrogens is 214 g/mol. The highest BCUT2D eigenvalue weighted by Crippen LogP contribution is 2.12. The fourth-order valence-corrected chi connectivity index (χ4v) is 1.45. The molecule has 0 heterocycles. The molecule has 0 saturated carbocycles. The number of benzene rings is 1. The maximum atomic E-state index is 5.18. The molecule has 0 fully saturated rings. The van der Waals surface area contributed by atoms with Crippen LogP contribution in [0.1, 0.15) is 19.4 Å². The van der Waals surface area contributed by atoms with Crippen molar-refractivity contribution in [2.45, 2.75) is 20.4 Å². The van der Waals surface area contributed by atoms with E-state index in [1.807, 2.05) is 24.3 Å². The van der Waals surface area contributed by atoms with Gasteiger partial charge in [-0.25, -0.2) is 4.99 Å². The normalized spacial score (nSPS) is 9.59. The predicted octanol–water partition coefficient (Wildman–Crippen LogP) is 1.77. The van der Waals surface area contributed by atoms with Gasteiger partial charge in [0, 0.05) is 13.1 Å². The number of methoxy groups -OCH3 is 1. The van der Waals surface area contributed by atoms with E-state index in [9.17, 15) is 0 Å². The molecule has 0 aromatic heterocycles. The first-order valence-electron chi connectivity index (χ1n) is 5.95. The Bertz CT molecular complexity index is 355. The third-order valence-corrected chi connectivity index (χ3v) is 2.24. The van der Waals surface area contributed by atoms with Gasteiger partial charge < -0.3 is 15.4 Å². The second-order valence-electron chi connectivity index (χ2n) is 3.58. The number of hydrogen-bond acceptors (Lipinski definition) is 2. The third kappa shape index (κ3) is 4.76. The lowest BCUT2D eigenvalue weighted by atomic mass is 10.2. The van der Waals surface area contributed by atoms with E-state index in [1.165, 1.54) is 0 Å². The molecule has 0 aliphatic rings. The fourth-order valence-electron chi connectivity index (χ4n) is 1.45. The van der Waals surface area contributed by atoms with Crippen molar-refractivity contribution in [3.63, 3.8) is 0 Å². The second-order valence-corrected chi connectivity index (χ2v) is 3.58. The molecule has 2 N–H and O–H groups in total. The van der Waals surface area contributed by atoms with Crippen LogP contribution in [-0.2, 0) is 6.54 Å². The van der Waals surface area contributed by atoms with Crippen LogP contribution in [0.25, 0.3) is 0 Å². The van der Waals surface area contributed by atoms with Crippen molar-refractivity contribution in [3.8, 4) is 5.75 Å². The van der Waals surface area contributed by atoms with E-state index in [2.05, 4.69) is 29.5 Å². The summed E-state index contributed by atoms with van der Waals surface area (Å²) in [7, 11) is 1.67. The summed E-state index contributed by atoms with van der Waals surface area (Å²) in [6.45, 7) is 6.48. The summed E-state index contributed by atoms with van der Waals surface area (Å²) in [5, 5.41) is 6.38. The lowest BCUT2D eigenvalue weighted by Gasteiger charge is -2.09. The molecule has 1 aromatic carbocycles. The van der Waals surface area contributed by atoms with Crippen molar-refractivity contribution in [3.05, 3.63) is 29.8 Å². The van der Waals surface area contributed by atoms with Crippen LogP contribution >= 0.6 is 0 Å². The molecule has 94 valence electrons. The first-order chi connectivity index (χ1) is 8.30. The first kappa shape index (κ1) is 13.4. The monoisotopic (exact) mass is 235 g/mol. The van der Waals surface area contributed by atoms with Crippen LogP contribution in [0.2, 0.25) is 0 Å². The lowest BCUT2D eigenvalue weighted by Crippen LogP contribution is -2.36. The molecule has 4 nitrogen and oxygen atoms in total. The fraction of sp³-hybridized carbons (Fsp3) is 0.462. The largest absolute Gasteiger partial charge is 0.497 e. The Morgan fingerprint density at radius 3 is 2.53 bits per heavy atom. The minimum Gasteiger partial charge on any atom is -0.497 e. The Morgan fingerprint density at radius 2 is 1.94 bits per heavy atom. The van der Waals surface area contributed by atoms with Crippen LogP contribution in [0.5, 0.6) is 5.75 Å². The minimum absolute atomic E-state index is 0.645. The first-order valence-corrected chi connectivity index (χ1v) is 5.95. The molecule has 1 aromatic rings. The smallest absolute Gasteiger partial charge is 0.191 e. The summed E-state index contributed by atoms with van der Waals surface area (Å²) in [4.78, 5) is 4.49. The minimum atomic E-state index is 0.645. The maximum Gasteiger partial charge on any atom is 0.191 e. The van der Waals surface area contributed by atoms with Gasteiger partial charge in [0.2, 0.25) is 0 Å². The van der Waals surface area contributed by atoms with Crippen LogP contribution in [0.3, 0.4) is 0 Å². The average Bonchev–Trinajstić information content (AvgIpc) is 2.37. The number of ether oxygens (including phenoxy) is 1. The molecule has 0 amide bonds. The van der Waals surface area contributed by atoms with Crippen LogP contribution in [0.4, 0.5) is 0 Å². The summed E-state index contributed by atoms with van der Waals surface area (Å²) >= 11 is 0. The Labute approximate surface area is 103 Å². The SMILES string of the molecule is CCNC(=NCc1cccc(OC)c1)NCC. The zero-order valence-corrected chi connectivity index (χ0v) is 10.8. The Morgan fingerprint density at radius 1 is 1.24 bits per heavy atom. The standard InChI is InChI=1S/C13H21N3O/c1-4-14-13(15-5-2)16-10-11-7-6-8-12(9-11)17-3/h6-9H,4-5,10H2,1-3H3,(H2,14,15,16). The lowest BCUT2D eigenvalue weighted by molar-refractivity contribution is 0.414. The topological polar surface area (TPSA) is 45.7 Å². The predicted molar refractivity (Wildman–Crippen MR) is 71.5 cm³/mol. The van der Waals surface area contributed by atoms with Gasteiger partial charge in [-0.2, -0.15) is 0 Å². The molecule has 1 rings (SSSR count). The molecule has 17 heavy (non-hydrogen) atoms. The quantitative estimate of drug-likeness (QED) is 0.604. The van der Waals surface area contributed by atoms with E-state index in [0.717, 1.165) is 30.4 Å². The van der Waals surface area contributed by atoms with Gasteiger partial charge in [-0.1, -0.05) is 12.1 Å². The van der Waals surface area contributed by atoms with Gasteiger partial charge in [-0.3, -0.25) is 0 Å². The molecule has 0 spiro atoms. The third-order valence-electron chi connectivity index (χ3n) is 2.24. The van der Waals surface area contributed by atoms with E-state index in [-0.39, 0.29) is 0 Å². The summed E-state index contributed by atoms with van der Waals surface area (Å²) in [5.41, 5.74) is 1.14. The van der Waals surface area contributed by atoms with Crippen molar-refractivity contribution in [1.82, 2.24) is 10.6 Å². The highest BCUT2D eigenvalue weighted by atomic mass is 16.5. The van der Waals surface area contributed by atoms with E-state index in [0.29, 0.717) is 6.54 Å². The molecule has 4 heteroatoms. The number of nitrogens with zero attached hydrogens (tertiary/aromatic N) is 1. The van der Waals surface area contributed by atoms with Crippen LogP contribution in [0.15, 0.2) is 29.3 Å². The van der Waals surface area contributed by atoms with Crippen LogP contribution in [-0.4, -0.2) is 26.2 Å². The van der Waals surface area contributed by atoms with Crippen molar-refractivity contribution in [2.24, 2.45) is 4.99 Å². The Balaban J connectivity index is 2.64. The molecule has 0 unspecified atom stereocenters. The van der Waals surface area contributed by atoms with Gasteiger partial charge in [0.1, 0.15) is 5.75 Å². The van der Waals surface area contributed by atoms with Gasteiger partial charge in [0.15, 0.2) is 5.96 Å². The van der Waals surface area contributed by atoms with E-state index in [1.54, 1.807) is 7.11 Å². The van der Waals surface area contributed by atoms with Crippen LogP contribution in [0, 0.1) is 0 Å². The summed E-state index contributed by atoms with van der Waals surface area (Å²) in [5.74, 6) is 1.71. The van der Waals surface area contributed by atoms with Gasteiger partial charge in [-0.15, -0.1) is 0 Å². The number of nitrogens with one attached hydrogen (secondary N) is 2. The maximum absolute atomic E-state index is 5.18. The highest BCUT2D eigenvalue weighted by Gasteiger charge is 1.97. The summed E-state index contributed by atoms with van der Waals surface area (Å²) in [6.07, 6.45) is 0. The molecular formula is C13H21N3O. The van der Waals surface area contributed by atoms with E-state index < -0.39 is 0 Å². The summed E-state index contributed by atoms with van der Waals surface area (Å²) < 4.78 is 5.18. The zero-order chi connectivity index (χ0) is 12.5. The molecule has 0 saturated heterocycles. The summed E-state index contributed by atoms with van der Waals surface area (Å²) in [6, 6.07) is 7.95. The zero-order valence-electron chi connectivity index (χ0n) is 10.8. The van der Waals surface area contributed by atoms with Crippen molar-refractivity contribution in [2.75, 3.05) is 20.2 Å². The van der Waals surface area contributed by atoms with Gasteiger partial charge >= 0.3 is 0 Å². The van der Waals surface area contributed by atoms with Crippen molar-refractivity contribution >= 4 is 5.96 Å². The highest BCUT2D eigenvalue weighted by molar-refractivity contribution is 5.79. The Kier molecular flexibility index (Phi) is 5.93. The van der Waals surface area contributed by atoms with Crippen molar-refractivity contribution in [1.29, 1.82) is 0 Å². The molecule has 0 atom stereocenters. The molecule has 0 bridgehead atoms. The molecule has 0 aliphatic heterocycles. The number of hydrogen-bond donors (Lipinski definition) is 2. The number of guanidine groups is 1. The Hall–Kier alpha value is -1.71. The number of aliphatic imine (C=N–C) groups is 1. The van der Waals surface area contributed by atoms with Gasteiger partial charge in [0.25, 0.3) is 0 Å². The van der Waals surface area contributed by atoms with Crippen LogP contribution < -0.4 is 15.4 Å². The van der Waals surface area contributed by atoms with Gasteiger partial charge in [0.05, 0.1) is 13.7 Å². The van der Waals surface area contributed by atoms with Gasteiger partial charge in [-0.05, 0) is 31.5 Å². The van der Waals surface area contributed by atoms with E-state index in [4.69, 9.17) is 4.74 Å². The average molecular weight is 235 g/mol.